The average molecular weight is 394 g/mol. The van der Waals surface area contributed by atoms with E-state index in [1.165, 1.54) is 11.8 Å². The van der Waals surface area contributed by atoms with Crippen LogP contribution in [0.15, 0.2) is 41.1 Å². The van der Waals surface area contributed by atoms with Crippen LogP contribution in [-0.4, -0.2) is 68.7 Å². The number of fused-ring (bicyclic) bond motifs is 1. The van der Waals surface area contributed by atoms with Crippen LogP contribution in [0.4, 0.5) is 0 Å². The molecule has 1 aliphatic heterocycles. The molecule has 2 N–H and O–H groups in total. The van der Waals surface area contributed by atoms with Gasteiger partial charge in [-0.2, -0.15) is 0 Å². The van der Waals surface area contributed by atoms with Crippen molar-refractivity contribution in [3.8, 4) is 0 Å². The van der Waals surface area contributed by atoms with Gasteiger partial charge in [0.2, 0.25) is 11.4 Å². The first-order chi connectivity index (χ1) is 14.0. The van der Waals surface area contributed by atoms with Gasteiger partial charge in [0.1, 0.15) is 5.69 Å². The van der Waals surface area contributed by atoms with Gasteiger partial charge in [0.05, 0.1) is 6.20 Å². The maximum absolute atomic E-state index is 12.8. The van der Waals surface area contributed by atoms with Crippen LogP contribution < -0.4 is 5.73 Å². The lowest BCUT2D eigenvalue weighted by Crippen LogP contribution is -2.48. The second kappa shape index (κ2) is 7.76. The van der Waals surface area contributed by atoms with Crippen LogP contribution in [-0.2, 0) is 11.3 Å². The fourth-order valence-electron chi connectivity index (χ4n) is 3.21. The van der Waals surface area contributed by atoms with Crippen LogP contribution in [0, 0.1) is 0 Å². The summed E-state index contributed by atoms with van der Waals surface area (Å²) >= 11 is 0. The molecule has 2 amide bonds. The van der Waals surface area contributed by atoms with Gasteiger partial charge in [0.15, 0.2) is 5.52 Å². The lowest BCUT2D eigenvalue weighted by molar-refractivity contribution is -0.114. The quantitative estimate of drug-likeness (QED) is 0.480. The molecule has 0 bridgehead atoms. The number of piperazine rings is 1. The van der Waals surface area contributed by atoms with Gasteiger partial charge in [-0.1, -0.05) is 35.5 Å². The van der Waals surface area contributed by atoms with Crippen molar-refractivity contribution in [2.24, 2.45) is 5.73 Å². The van der Waals surface area contributed by atoms with E-state index in [-0.39, 0.29) is 22.8 Å². The van der Waals surface area contributed by atoms with E-state index in [0.717, 1.165) is 19.6 Å². The van der Waals surface area contributed by atoms with Crippen LogP contribution in [0.2, 0.25) is 0 Å². The maximum Gasteiger partial charge on any atom is 0.293 e. The zero-order valence-electron chi connectivity index (χ0n) is 15.4. The van der Waals surface area contributed by atoms with Crippen molar-refractivity contribution in [2.75, 3.05) is 26.2 Å². The van der Waals surface area contributed by atoms with Gasteiger partial charge in [-0.15, -0.1) is 0 Å². The van der Waals surface area contributed by atoms with Crippen molar-refractivity contribution in [3.63, 3.8) is 0 Å². The smallest absolute Gasteiger partial charge is 0.293 e. The summed E-state index contributed by atoms with van der Waals surface area (Å²) in [5.41, 5.74) is 6.25. The molecule has 0 saturated carbocycles. The Morgan fingerprint density at radius 3 is 2.48 bits per heavy atom. The van der Waals surface area contributed by atoms with Crippen molar-refractivity contribution >= 4 is 28.8 Å². The second-order valence-corrected chi connectivity index (χ2v) is 6.69. The molecule has 0 unspecified atom stereocenters. The molecular weight excluding hydrogens is 376 g/mol. The second-order valence-electron chi connectivity index (χ2n) is 6.69. The number of hydrogen-bond donors (Lipinski definition) is 1. The van der Waals surface area contributed by atoms with Gasteiger partial charge in [-0.25, -0.2) is 9.97 Å². The summed E-state index contributed by atoms with van der Waals surface area (Å²) in [6.45, 7) is 3.38. The summed E-state index contributed by atoms with van der Waals surface area (Å²) in [6, 6.07) is 10.1. The SMILES string of the molecule is NC(=O)C(=O)c1onc2ncc(C(=O)N3CCN(Cc4ccccc4)CC3)nc12. The topological polar surface area (TPSA) is 136 Å². The molecule has 29 heavy (non-hydrogen) atoms. The first-order valence-electron chi connectivity index (χ1n) is 9.05. The van der Waals surface area contributed by atoms with Gasteiger partial charge >= 0.3 is 0 Å². The van der Waals surface area contributed by atoms with E-state index in [2.05, 4.69) is 32.2 Å². The van der Waals surface area contributed by atoms with E-state index in [1.807, 2.05) is 18.2 Å². The number of benzene rings is 1. The zero-order valence-corrected chi connectivity index (χ0v) is 15.4. The summed E-state index contributed by atoms with van der Waals surface area (Å²) in [5.74, 6) is -2.99. The summed E-state index contributed by atoms with van der Waals surface area (Å²) in [4.78, 5) is 47.9. The number of hydrogen-bond acceptors (Lipinski definition) is 8. The molecule has 0 spiro atoms. The third kappa shape index (κ3) is 3.83. The number of nitrogens with zero attached hydrogens (tertiary/aromatic N) is 5. The Labute approximate surface area is 165 Å². The molecule has 148 valence electrons. The normalized spacial score (nSPS) is 14.8. The average Bonchev–Trinajstić information content (AvgIpc) is 3.17. The zero-order chi connectivity index (χ0) is 20.4. The lowest BCUT2D eigenvalue weighted by atomic mass is 10.2. The number of nitrogens with two attached hydrogens (primary N) is 1. The Morgan fingerprint density at radius 1 is 1.07 bits per heavy atom. The number of primary amides is 1. The molecule has 0 radical (unpaired) electrons. The highest BCUT2D eigenvalue weighted by molar-refractivity contribution is 6.43. The fraction of sp³-hybridized carbons (Fsp3) is 0.263. The molecular formula is C19H18N6O4. The van der Waals surface area contributed by atoms with E-state index in [9.17, 15) is 14.4 Å². The molecule has 1 aliphatic rings. The highest BCUT2D eigenvalue weighted by Gasteiger charge is 2.27. The van der Waals surface area contributed by atoms with Crippen LogP contribution in [0.1, 0.15) is 26.6 Å². The molecule has 10 nitrogen and oxygen atoms in total. The Balaban J connectivity index is 1.46. The number of amides is 2. The van der Waals surface area contributed by atoms with Gasteiger partial charge in [-0.05, 0) is 5.56 Å². The summed E-state index contributed by atoms with van der Waals surface area (Å²) in [5, 5.41) is 3.58. The first kappa shape index (κ1) is 18.7. The predicted molar refractivity (Wildman–Crippen MR) is 101 cm³/mol. The standard InChI is InChI=1S/C19H18N6O4/c20-17(27)15(26)16-14-18(23-29-16)21-10-13(22-14)19(28)25-8-6-24(7-9-25)11-12-4-2-1-3-5-12/h1-5,10H,6-9,11H2,(H2,20,27). The van der Waals surface area contributed by atoms with Gasteiger partial charge in [0, 0.05) is 32.7 Å². The Hall–Kier alpha value is -3.66. The Morgan fingerprint density at radius 2 is 1.79 bits per heavy atom. The van der Waals surface area contributed by atoms with E-state index in [0.29, 0.717) is 13.1 Å². The third-order valence-electron chi connectivity index (χ3n) is 4.75. The Bertz CT molecular complexity index is 1070. The summed E-state index contributed by atoms with van der Waals surface area (Å²) in [6.07, 6.45) is 1.28. The minimum absolute atomic E-state index is 0.0267. The van der Waals surface area contributed by atoms with Crippen molar-refractivity contribution in [3.05, 3.63) is 53.5 Å². The van der Waals surface area contributed by atoms with Gasteiger partial charge in [0.25, 0.3) is 17.6 Å². The van der Waals surface area contributed by atoms with Crippen LogP contribution in [0.5, 0.6) is 0 Å². The minimum Gasteiger partial charge on any atom is -0.363 e. The van der Waals surface area contributed by atoms with Gasteiger partial charge in [-0.3, -0.25) is 19.3 Å². The van der Waals surface area contributed by atoms with E-state index < -0.39 is 17.5 Å². The van der Waals surface area contributed by atoms with Crippen LogP contribution in [0.25, 0.3) is 11.2 Å². The minimum atomic E-state index is -1.20. The molecule has 1 fully saturated rings. The van der Waals surface area contributed by atoms with Crippen molar-refractivity contribution in [1.29, 1.82) is 0 Å². The number of rotatable bonds is 5. The van der Waals surface area contributed by atoms with E-state index >= 15 is 0 Å². The highest BCUT2D eigenvalue weighted by Crippen LogP contribution is 2.17. The van der Waals surface area contributed by atoms with Crippen LogP contribution in [0.3, 0.4) is 0 Å². The number of carbonyl (C=O) groups is 3. The maximum atomic E-state index is 12.8. The van der Waals surface area contributed by atoms with Crippen molar-refractivity contribution < 1.29 is 18.9 Å². The largest absolute Gasteiger partial charge is 0.363 e. The van der Waals surface area contributed by atoms with Crippen molar-refractivity contribution in [2.45, 2.75) is 6.54 Å². The molecule has 1 saturated heterocycles. The highest BCUT2D eigenvalue weighted by atomic mass is 16.5. The monoisotopic (exact) mass is 394 g/mol. The molecule has 10 heteroatoms. The molecule has 1 aromatic carbocycles. The molecule has 0 atom stereocenters. The summed E-state index contributed by atoms with van der Waals surface area (Å²) in [7, 11) is 0. The molecule has 2 aromatic heterocycles. The lowest BCUT2D eigenvalue weighted by Gasteiger charge is -2.34. The van der Waals surface area contributed by atoms with Crippen LogP contribution >= 0.6 is 0 Å². The number of ketones is 1. The van der Waals surface area contributed by atoms with E-state index in [1.54, 1.807) is 4.90 Å². The molecule has 3 aromatic rings. The predicted octanol–water partition coefficient (Wildman–Crippen LogP) is 0.244. The number of Topliss-reactive ketones (excluding diaryl/α,β-unsaturated/α-hetero) is 1. The molecule has 4 rings (SSSR count). The third-order valence-corrected chi connectivity index (χ3v) is 4.75. The van der Waals surface area contributed by atoms with Crippen molar-refractivity contribution in [1.82, 2.24) is 24.9 Å². The summed E-state index contributed by atoms with van der Waals surface area (Å²) < 4.78 is 4.83. The molecule has 0 aliphatic carbocycles. The Kier molecular flexibility index (Phi) is 5.00. The van der Waals surface area contributed by atoms with E-state index in [4.69, 9.17) is 10.3 Å². The molecule has 3 heterocycles. The number of carbonyl (C=O) groups excluding carboxylic acids is 3. The number of aromatic nitrogens is 3. The fourth-order valence-corrected chi connectivity index (χ4v) is 3.21. The van der Waals surface area contributed by atoms with Gasteiger partial charge < -0.3 is 15.2 Å². The first-order valence-corrected chi connectivity index (χ1v) is 9.05.